The van der Waals surface area contributed by atoms with Crippen LogP contribution in [0.5, 0.6) is 11.5 Å². The van der Waals surface area contributed by atoms with Crippen molar-refractivity contribution in [1.82, 2.24) is 19.9 Å². The smallest absolute Gasteiger partial charge is 0.339 e. The van der Waals surface area contributed by atoms with E-state index in [1.54, 1.807) is 53.8 Å². The molecular weight excluding hydrogens is 979 g/mol. The number of sulfonamides is 1. The number of benzene rings is 4. The summed E-state index contributed by atoms with van der Waals surface area (Å²) < 4.78 is 47.0. The molecule has 392 valence electrons. The number of para-hydroxylation sites is 1. The van der Waals surface area contributed by atoms with Crippen LogP contribution in [0.3, 0.4) is 0 Å². The third-order valence-corrected chi connectivity index (χ3v) is 16.0. The molecule has 7 rings (SSSR count). The number of hydrogen-bond acceptors (Lipinski definition) is 12. The number of carbonyl (C=O) groups excluding carboxylic acids is 4. The van der Waals surface area contributed by atoms with Gasteiger partial charge in [0.15, 0.2) is 0 Å². The molecule has 1 aliphatic carbocycles. The normalized spacial score (nSPS) is 14.5. The molecule has 0 spiro atoms. The Morgan fingerprint density at radius 3 is 2.23 bits per heavy atom. The van der Waals surface area contributed by atoms with Crippen LogP contribution >= 0.6 is 11.3 Å². The predicted molar refractivity (Wildman–Crippen MR) is 286 cm³/mol. The minimum absolute atomic E-state index is 0.00215. The lowest BCUT2D eigenvalue weighted by Gasteiger charge is -2.31. The summed E-state index contributed by atoms with van der Waals surface area (Å²) in [5.41, 5.74) is 10.3. The van der Waals surface area contributed by atoms with E-state index >= 15 is 0 Å². The number of aryl methyl sites for hydroxylation is 1. The van der Waals surface area contributed by atoms with Crippen molar-refractivity contribution in [2.45, 2.75) is 103 Å². The van der Waals surface area contributed by atoms with Crippen molar-refractivity contribution in [3.63, 3.8) is 0 Å². The van der Waals surface area contributed by atoms with Gasteiger partial charge in [-0.25, -0.2) is 18.2 Å². The van der Waals surface area contributed by atoms with Crippen LogP contribution < -0.4 is 25.8 Å². The average molecular weight is 1050 g/mol. The molecule has 17 heteroatoms. The fourth-order valence-electron chi connectivity index (χ4n) is 8.96. The quantitative estimate of drug-likeness (QED) is 0.0448. The van der Waals surface area contributed by atoms with Crippen LogP contribution in [0.2, 0.25) is 0 Å². The SMILES string of the molecule is COc1ccc(S(=O)(=O)N(CC(C)C)C[C@@H](O)[C@H](Cc2ccc(OCc3ccccc3-c3sc4c(c3C(=O)OCC(C)C)CC(C)(C)CC4)cc2)NC(=O)[C@H](CC(N)=O)NC(=O)c2ccc3ccccc3n2)cc1. The molecule has 0 saturated carbocycles. The standard InChI is InChI=1S/C57H67N5O10S2/c1-35(2)31-62(74(68,69)42-23-21-40(70-7)22-24-42)32-49(63)47(60-55(66)48(29-51(58)64)61-54(65)46-25-18-38-12-9-11-15-45(38)59-46)28-37-16-19-41(20-17-37)71-34-39-13-8-10-14-43(39)53-52(56(67)72-33-36(3)4)44-30-57(5,6)27-26-50(44)73-53/h8-25,35-36,47-49,63H,26-34H2,1-7H3,(H2,58,64)(H,60,66)(H,61,65)/t47-,48-,49+/m0/s1. The molecule has 74 heavy (non-hydrogen) atoms. The number of thiophene rings is 1. The summed E-state index contributed by atoms with van der Waals surface area (Å²) in [6, 6.07) is 28.6. The average Bonchev–Trinajstić information content (AvgIpc) is 3.74. The van der Waals surface area contributed by atoms with Crippen LogP contribution in [0.25, 0.3) is 21.3 Å². The molecule has 0 unspecified atom stereocenters. The van der Waals surface area contributed by atoms with Gasteiger partial charge >= 0.3 is 5.97 Å². The number of nitrogens with zero attached hydrogens (tertiary/aromatic N) is 2. The number of aliphatic hydroxyl groups excluding tert-OH is 1. The molecular formula is C57H67N5O10S2. The summed E-state index contributed by atoms with van der Waals surface area (Å²) in [4.78, 5) is 60.6. The van der Waals surface area contributed by atoms with Gasteiger partial charge in [0.1, 0.15) is 29.8 Å². The number of aromatic nitrogens is 1. The fraction of sp³-hybridized carbons (Fsp3) is 0.386. The van der Waals surface area contributed by atoms with Crippen LogP contribution in [-0.4, -0.2) is 91.5 Å². The Hall–Kier alpha value is -6.66. The van der Waals surface area contributed by atoms with E-state index in [1.165, 1.54) is 46.6 Å². The molecule has 15 nitrogen and oxygen atoms in total. The van der Waals surface area contributed by atoms with Crippen molar-refractivity contribution in [1.29, 1.82) is 0 Å². The van der Waals surface area contributed by atoms with Crippen LogP contribution in [0.1, 0.15) is 96.8 Å². The molecule has 0 saturated heterocycles. The second kappa shape index (κ2) is 24.1. The zero-order valence-corrected chi connectivity index (χ0v) is 44.7. The Bertz CT molecular complexity index is 3060. The lowest BCUT2D eigenvalue weighted by molar-refractivity contribution is -0.128. The van der Waals surface area contributed by atoms with E-state index in [0.29, 0.717) is 34.7 Å². The second-order valence-electron chi connectivity index (χ2n) is 20.5. The first-order valence-corrected chi connectivity index (χ1v) is 27.2. The fourth-order valence-corrected chi connectivity index (χ4v) is 11.9. The van der Waals surface area contributed by atoms with E-state index in [0.717, 1.165) is 46.2 Å². The molecule has 0 fully saturated rings. The third-order valence-electron chi connectivity index (χ3n) is 12.9. The lowest BCUT2D eigenvalue weighted by Crippen LogP contribution is -2.56. The Labute approximate surface area is 437 Å². The molecule has 0 aliphatic heterocycles. The number of esters is 1. The number of nitrogens with one attached hydrogen (secondary N) is 2. The molecule has 6 aromatic rings. The van der Waals surface area contributed by atoms with Gasteiger partial charge in [-0.2, -0.15) is 4.31 Å². The van der Waals surface area contributed by atoms with E-state index in [-0.39, 0.29) is 53.4 Å². The molecule has 5 N–H and O–H groups in total. The van der Waals surface area contributed by atoms with Crippen LogP contribution in [0, 0.1) is 17.3 Å². The van der Waals surface area contributed by atoms with Crippen molar-refractivity contribution in [2.75, 3.05) is 26.8 Å². The number of hydrogen-bond donors (Lipinski definition) is 4. The summed E-state index contributed by atoms with van der Waals surface area (Å²) in [5, 5.41) is 18.3. The van der Waals surface area contributed by atoms with Gasteiger partial charge in [0.25, 0.3) is 5.91 Å². The second-order valence-corrected chi connectivity index (χ2v) is 23.5. The van der Waals surface area contributed by atoms with Gasteiger partial charge in [0.05, 0.1) is 48.3 Å². The molecule has 1 aliphatic rings. The summed E-state index contributed by atoms with van der Waals surface area (Å²) in [7, 11) is -2.70. The zero-order chi connectivity index (χ0) is 53.3. The maximum absolute atomic E-state index is 14.3. The van der Waals surface area contributed by atoms with Gasteiger partial charge in [-0.1, -0.05) is 102 Å². The first-order chi connectivity index (χ1) is 35.2. The Balaban J connectivity index is 1.14. The number of amides is 3. The van der Waals surface area contributed by atoms with E-state index in [9.17, 15) is 32.7 Å². The molecule has 2 aromatic heterocycles. The lowest BCUT2D eigenvalue weighted by atomic mass is 9.76. The summed E-state index contributed by atoms with van der Waals surface area (Å²) in [6.45, 7) is 12.3. The highest BCUT2D eigenvalue weighted by molar-refractivity contribution is 7.89. The Kier molecular flexibility index (Phi) is 18.0. The van der Waals surface area contributed by atoms with Crippen molar-refractivity contribution in [3.8, 4) is 21.9 Å². The van der Waals surface area contributed by atoms with Crippen molar-refractivity contribution in [2.24, 2.45) is 23.0 Å². The highest BCUT2D eigenvalue weighted by atomic mass is 32.2. The van der Waals surface area contributed by atoms with E-state index in [2.05, 4.69) is 29.5 Å². The predicted octanol–water partition coefficient (Wildman–Crippen LogP) is 8.29. The maximum atomic E-state index is 14.3. The van der Waals surface area contributed by atoms with Crippen LogP contribution in [0.4, 0.5) is 0 Å². The van der Waals surface area contributed by atoms with Gasteiger partial charge in [-0.15, -0.1) is 11.3 Å². The van der Waals surface area contributed by atoms with Gasteiger partial charge in [0.2, 0.25) is 21.8 Å². The molecule has 3 amide bonds. The van der Waals surface area contributed by atoms with Gasteiger partial charge in [-0.05, 0) is 114 Å². The maximum Gasteiger partial charge on any atom is 0.339 e. The topological polar surface area (TPSA) is 217 Å². The van der Waals surface area contributed by atoms with Gasteiger partial charge in [-0.3, -0.25) is 14.4 Å². The third kappa shape index (κ3) is 13.9. The Morgan fingerprint density at radius 1 is 0.851 bits per heavy atom. The number of carbonyl (C=O) groups is 4. The number of rotatable bonds is 23. The molecule has 4 aromatic carbocycles. The first-order valence-electron chi connectivity index (χ1n) is 24.9. The number of aliphatic hydroxyl groups is 1. The number of primary amides is 1. The Morgan fingerprint density at radius 2 is 1.54 bits per heavy atom. The highest BCUT2D eigenvalue weighted by Crippen LogP contribution is 2.46. The number of methoxy groups -OCH3 is 1. The van der Waals surface area contributed by atoms with Gasteiger partial charge < -0.3 is 35.7 Å². The monoisotopic (exact) mass is 1050 g/mol. The minimum atomic E-state index is -4.18. The largest absolute Gasteiger partial charge is 0.497 e. The highest BCUT2D eigenvalue weighted by Gasteiger charge is 2.36. The first kappa shape index (κ1) is 55.1. The van der Waals surface area contributed by atoms with E-state index < -0.39 is 58.9 Å². The molecule has 0 radical (unpaired) electrons. The van der Waals surface area contributed by atoms with Gasteiger partial charge in [0, 0.05) is 28.2 Å². The van der Waals surface area contributed by atoms with Crippen molar-refractivity contribution >= 4 is 56.0 Å². The minimum Gasteiger partial charge on any atom is -0.497 e. The summed E-state index contributed by atoms with van der Waals surface area (Å²) in [5.74, 6) is -1.73. The number of pyridine rings is 1. The van der Waals surface area contributed by atoms with E-state index in [4.69, 9.17) is 19.9 Å². The summed E-state index contributed by atoms with van der Waals surface area (Å²) >= 11 is 1.65. The molecule has 3 atom stereocenters. The number of fused-ring (bicyclic) bond motifs is 2. The van der Waals surface area contributed by atoms with E-state index in [1.807, 2.05) is 64.1 Å². The van der Waals surface area contributed by atoms with Crippen LogP contribution in [0.15, 0.2) is 114 Å². The number of ether oxygens (including phenoxy) is 3. The number of nitrogens with two attached hydrogens (primary N) is 1. The molecule has 2 heterocycles. The van der Waals surface area contributed by atoms with Crippen molar-refractivity contribution in [3.05, 3.63) is 142 Å². The zero-order valence-electron chi connectivity index (χ0n) is 43.1. The molecule has 0 bridgehead atoms. The van der Waals surface area contributed by atoms with Crippen molar-refractivity contribution < 1.29 is 46.9 Å². The summed E-state index contributed by atoms with van der Waals surface area (Å²) in [6.07, 6.45) is 0.599. The van der Waals surface area contributed by atoms with Crippen LogP contribution in [-0.2, 0) is 50.2 Å².